The monoisotopic (exact) mass is 362 g/mol. The van der Waals surface area contributed by atoms with Crippen molar-refractivity contribution in [1.82, 2.24) is 9.55 Å². The van der Waals surface area contributed by atoms with Crippen molar-refractivity contribution >= 4 is 17.2 Å². The summed E-state index contributed by atoms with van der Waals surface area (Å²) < 4.78 is 1.95. The molecule has 0 saturated heterocycles. The van der Waals surface area contributed by atoms with E-state index in [2.05, 4.69) is 5.32 Å². The van der Waals surface area contributed by atoms with Crippen LogP contribution in [-0.4, -0.2) is 26.8 Å². The number of hydrogen-bond donors (Lipinski definition) is 1. The number of benzene rings is 2. The normalized spacial score (nSPS) is 15.3. The average molecular weight is 362 g/mol. The van der Waals surface area contributed by atoms with Crippen LogP contribution in [0.5, 0.6) is 0 Å². The van der Waals surface area contributed by atoms with Crippen LogP contribution >= 0.6 is 0 Å². The number of carbonyl (C=O) groups is 1. The highest BCUT2D eigenvalue weighted by Crippen LogP contribution is 2.38. The van der Waals surface area contributed by atoms with Gasteiger partial charge in [-0.25, -0.2) is 4.98 Å². The van der Waals surface area contributed by atoms with Gasteiger partial charge in [0.05, 0.1) is 22.2 Å². The minimum Gasteiger partial charge on any atom is -0.383 e. The van der Waals surface area contributed by atoms with Crippen LogP contribution in [0.3, 0.4) is 0 Å². The molecule has 0 radical (unpaired) electrons. The number of imidazole rings is 1. The Morgan fingerprint density at radius 1 is 1.22 bits per heavy atom. The summed E-state index contributed by atoms with van der Waals surface area (Å²) in [5.41, 5.74) is 3.98. The smallest absolute Gasteiger partial charge is 0.269 e. The zero-order chi connectivity index (χ0) is 19.1. The van der Waals surface area contributed by atoms with E-state index in [4.69, 9.17) is 4.98 Å². The van der Waals surface area contributed by atoms with Crippen molar-refractivity contribution in [2.75, 3.05) is 11.9 Å². The molecule has 7 heteroatoms. The van der Waals surface area contributed by atoms with Gasteiger partial charge in [-0.2, -0.15) is 0 Å². The Kier molecular flexibility index (Phi) is 3.99. The zero-order valence-electron chi connectivity index (χ0n) is 15.0. The molecule has 1 N–H and O–H groups in total. The number of nitrogens with zero attached hydrogens (tertiary/aromatic N) is 3. The van der Waals surface area contributed by atoms with E-state index < -0.39 is 10.8 Å². The second-order valence-corrected chi connectivity index (χ2v) is 6.60. The predicted molar refractivity (Wildman–Crippen MR) is 102 cm³/mol. The van der Waals surface area contributed by atoms with Crippen LogP contribution < -0.4 is 5.32 Å². The largest absolute Gasteiger partial charge is 0.383 e. The number of hydrogen-bond acceptors (Lipinski definition) is 5. The van der Waals surface area contributed by atoms with Gasteiger partial charge >= 0.3 is 0 Å². The quantitative estimate of drug-likeness (QED) is 0.436. The minimum atomic E-state index is -0.472. The molecular weight excluding hydrogens is 344 g/mol. The predicted octanol–water partition coefficient (Wildman–Crippen LogP) is 3.70. The number of anilines is 1. The van der Waals surface area contributed by atoms with E-state index in [9.17, 15) is 14.9 Å². The van der Waals surface area contributed by atoms with Gasteiger partial charge in [0.1, 0.15) is 5.82 Å². The molecule has 1 atom stereocenters. The number of para-hydroxylation sites is 1. The van der Waals surface area contributed by atoms with Gasteiger partial charge in [0, 0.05) is 42.5 Å². The number of aromatic nitrogens is 2. The minimum absolute atomic E-state index is 0.0324. The summed E-state index contributed by atoms with van der Waals surface area (Å²) in [6.07, 6.45) is 0. The summed E-state index contributed by atoms with van der Waals surface area (Å²) in [7, 11) is 1.91. The number of Topliss-reactive ketones (excluding diaryl/α,β-unsaturated/α-hetero) is 1. The van der Waals surface area contributed by atoms with E-state index in [-0.39, 0.29) is 11.5 Å². The van der Waals surface area contributed by atoms with Crippen molar-refractivity contribution in [3.8, 4) is 11.3 Å². The highest BCUT2D eigenvalue weighted by Gasteiger charge is 2.32. The Morgan fingerprint density at radius 2 is 1.93 bits per heavy atom. The highest BCUT2D eigenvalue weighted by atomic mass is 16.6. The molecule has 1 aliphatic rings. The number of nitro benzene ring substituents is 1. The molecule has 0 amide bonds. The van der Waals surface area contributed by atoms with Gasteiger partial charge in [-0.15, -0.1) is 0 Å². The maximum atomic E-state index is 13.3. The van der Waals surface area contributed by atoms with Crippen LogP contribution in [0.25, 0.3) is 11.3 Å². The van der Waals surface area contributed by atoms with Crippen molar-refractivity contribution in [3.63, 3.8) is 0 Å². The standard InChI is InChI=1S/C20H18N4O3/c1-12-22-18-15-5-3-4-6-17(15)21-11-16(19(18)23(12)2)20(25)13-7-9-14(10-8-13)24(26)27/h3-10,16,21H,11H2,1-2H3. The number of nitrogens with one attached hydrogen (secondary N) is 1. The summed E-state index contributed by atoms with van der Waals surface area (Å²) in [4.78, 5) is 28.3. The third kappa shape index (κ3) is 2.77. The maximum absolute atomic E-state index is 13.3. The number of fused-ring (bicyclic) bond motifs is 3. The second kappa shape index (κ2) is 6.35. The Morgan fingerprint density at radius 3 is 2.63 bits per heavy atom. The van der Waals surface area contributed by atoms with Gasteiger partial charge in [0.25, 0.3) is 5.69 Å². The number of aryl methyl sites for hydroxylation is 1. The molecule has 1 aliphatic heterocycles. The first kappa shape index (κ1) is 17.0. The fraction of sp³-hybridized carbons (Fsp3) is 0.200. The van der Waals surface area contributed by atoms with Crippen LogP contribution in [0, 0.1) is 17.0 Å². The van der Waals surface area contributed by atoms with E-state index in [0.29, 0.717) is 12.1 Å². The highest BCUT2D eigenvalue weighted by molar-refractivity contribution is 6.03. The van der Waals surface area contributed by atoms with Crippen LogP contribution in [0.4, 0.5) is 11.4 Å². The summed E-state index contributed by atoms with van der Waals surface area (Å²) in [6, 6.07) is 13.6. The van der Waals surface area contributed by atoms with Crippen LogP contribution in [0.15, 0.2) is 48.5 Å². The number of ketones is 1. The fourth-order valence-electron chi connectivity index (χ4n) is 3.54. The fourth-order valence-corrected chi connectivity index (χ4v) is 3.54. The van der Waals surface area contributed by atoms with Crippen molar-refractivity contribution in [3.05, 3.63) is 75.7 Å². The first-order valence-corrected chi connectivity index (χ1v) is 8.62. The summed E-state index contributed by atoms with van der Waals surface area (Å²) in [6.45, 7) is 2.34. The Bertz CT molecular complexity index is 1050. The molecule has 2 heterocycles. The lowest BCUT2D eigenvalue weighted by molar-refractivity contribution is -0.384. The van der Waals surface area contributed by atoms with Crippen LogP contribution in [0.1, 0.15) is 27.8 Å². The molecule has 3 aromatic rings. The summed E-state index contributed by atoms with van der Waals surface area (Å²) in [5.74, 6) is 0.299. The average Bonchev–Trinajstić information content (AvgIpc) is 2.87. The van der Waals surface area contributed by atoms with Gasteiger partial charge < -0.3 is 9.88 Å². The number of nitro groups is 1. The van der Waals surface area contributed by atoms with E-state index in [1.807, 2.05) is 42.8 Å². The van der Waals surface area contributed by atoms with Crippen LogP contribution in [0.2, 0.25) is 0 Å². The lowest BCUT2D eigenvalue weighted by Crippen LogP contribution is -2.23. The van der Waals surface area contributed by atoms with E-state index >= 15 is 0 Å². The van der Waals surface area contributed by atoms with E-state index in [0.717, 1.165) is 28.5 Å². The molecule has 0 fully saturated rings. The van der Waals surface area contributed by atoms with Crippen molar-refractivity contribution in [2.24, 2.45) is 7.05 Å². The SMILES string of the molecule is Cc1nc2c(n1C)C(C(=O)c1ccc([N+](=O)[O-])cc1)CNc1ccccc1-2. The van der Waals surface area contributed by atoms with Gasteiger partial charge in [-0.1, -0.05) is 18.2 Å². The maximum Gasteiger partial charge on any atom is 0.269 e. The lowest BCUT2D eigenvalue weighted by atomic mass is 9.92. The van der Waals surface area contributed by atoms with Gasteiger partial charge in [-0.3, -0.25) is 14.9 Å². The molecular formula is C20H18N4O3. The number of carbonyl (C=O) groups excluding carboxylic acids is 1. The molecule has 4 rings (SSSR count). The number of rotatable bonds is 3. The molecule has 0 spiro atoms. The molecule has 1 unspecified atom stereocenters. The molecule has 2 aromatic carbocycles. The van der Waals surface area contributed by atoms with Gasteiger partial charge in [-0.05, 0) is 25.1 Å². The van der Waals surface area contributed by atoms with E-state index in [1.54, 1.807) is 0 Å². The van der Waals surface area contributed by atoms with Crippen LogP contribution in [-0.2, 0) is 7.05 Å². The molecule has 0 bridgehead atoms. The van der Waals surface area contributed by atoms with Crippen molar-refractivity contribution in [1.29, 1.82) is 0 Å². The Balaban J connectivity index is 1.80. The molecule has 0 aliphatic carbocycles. The first-order chi connectivity index (χ1) is 13.0. The zero-order valence-corrected chi connectivity index (χ0v) is 15.0. The lowest BCUT2D eigenvalue weighted by Gasteiger charge is -2.17. The second-order valence-electron chi connectivity index (χ2n) is 6.60. The van der Waals surface area contributed by atoms with Crippen molar-refractivity contribution in [2.45, 2.75) is 12.8 Å². The topological polar surface area (TPSA) is 90.1 Å². The van der Waals surface area contributed by atoms with Gasteiger partial charge in [0.15, 0.2) is 5.78 Å². The van der Waals surface area contributed by atoms with E-state index in [1.165, 1.54) is 24.3 Å². The molecule has 1 aromatic heterocycles. The van der Waals surface area contributed by atoms with Gasteiger partial charge in [0.2, 0.25) is 0 Å². The Hall–Kier alpha value is -3.48. The third-order valence-corrected chi connectivity index (χ3v) is 5.05. The molecule has 0 saturated carbocycles. The Labute approximate surface area is 155 Å². The summed E-state index contributed by atoms with van der Waals surface area (Å²) >= 11 is 0. The summed E-state index contributed by atoms with van der Waals surface area (Å²) in [5, 5.41) is 14.2. The number of non-ortho nitro benzene ring substituents is 1. The molecule has 27 heavy (non-hydrogen) atoms. The first-order valence-electron chi connectivity index (χ1n) is 8.62. The molecule has 7 nitrogen and oxygen atoms in total. The van der Waals surface area contributed by atoms with Crippen molar-refractivity contribution < 1.29 is 9.72 Å². The third-order valence-electron chi connectivity index (χ3n) is 5.05. The molecule has 136 valence electrons.